The maximum Gasteiger partial charge on any atom is 0.335 e. The van der Waals surface area contributed by atoms with Gasteiger partial charge in [0, 0.05) is 24.3 Å². The van der Waals surface area contributed by atoms with E-state index in [9.17, 15) is 9.59 Å². The van der Waals surface area contributed by atoms with Gasteiger partial charge >= 0.3 is 5.97 Å². The Bertz CT molecular complexity index is 752. The first-order valence-corrected chi connectivity index (χ1v) is 7.41. The van der Waals surface area contributed by atoms with Crippen LogP contribution in [0.15, 0.2) is 41.2 Å². The van der Waals surface area contributed by atoms with Gasteiger partial charge in [-0.05, 0) is 42.5 Å². The number of aromatic nitrogens is 1. The lowest BCUT2D eigenvalue weighted by molar-refractivity contribution is 0.0696. The number of rotatable bonds is 4. The van der Waals surface area contributed by atoms with E-state index in [1.165, 1.54) is 0 Å². The molecule has 0 bridgehead atoms. The van der Waals surface area contributed by atoms with Gasteiger partial charge in [-0.2, -0.15) is 0 Å². The lowest BCUT2D eigenvalue weighted by atomic mass is 9.91. The van der Waals surface area contributed by atoms with Crippen LogP contribution in [-0.4, -0.2) is 16.1 Å². The first kappa shape index (κ1) is 14.5. The molecule has 1 aromatic carbocycles. The van der Waals surface area contributed by atoms with Crippen molar-refractivity contribution in [3.63, 3.8) is 0 Å². The summed E-state index contributed by atoms with van der Waals surface area (Å²) in [4.78, 5) is 25.3. The molecule has 1 unspecified atom stereocenters. The highest BCUT2D eigenvalue weighted by Crippen LogP contribution is 2.27. The summed E-state index contributed by atoms with van der Waals surface area (Å²) >= 11 is 0. The summed E-state index contributed by atoms with van der Waals surface area (Å²) in [7, 11) is 0. The van der Waals surface area contributed by atoms with E-state index in [2.05, 4.69) is 10.3 Å². The molecule has 0 saturated carbocycles. The van der Waals surface area contributed by atoms with Crippen LogP contribution in [0.25, 0.3) is 0 Å². The molecule has 0 amide bonds. The fraction of sp³-hybridized carbons (Fsp3) is 0.294. The summed E-state index contributed by atoms with van der Waals surface area (Å²) in [6.07, 6.45) is 2.94. The molecule has 1 heterocycles. The maximum absolute atomic E-state index is 11.4. The van der Waals surface area contributed by atoms with Gasteiger partial charge < -0.3 is 15.4 Å². The maximum atomic E-state index is 11.4. The van der Waals surface area contributed by atoms with Gasteiger partial charge in [-0.3, -0.25) is 4.79 Å². The number of nitrogens with one attached hydrogen (secondary N) is 2. The van der Waals surface area contributed by atoms with E-state index in [0.717, 1.165) is 36.1 Å². The molecule has 114 valence electrons. The third-order valence-electron chi connectivity index (χ3n) is 4.06. The van der Waals surface area contributed by atoms with Crippen molar-refractivity contribution in [3.8, 4) is 0 Å². The van der Waals surface area contributed by atoms with Crippen molar-refractivity contribution in [3.05, 3.63) is 69.1 Å². The molecule has 5 heteroatoms. The molecule has 0 fully saturated rings. The summed E-state index contributed by atoms with van der Waals surface area (Å²) in [5, 5.41) is 12.5. The van der Waals surface area contributed by atoms with Gasteiger partial charge in [-0.25, -0.2) is 4.79 Å². The highest BCUT2D eigenvalue weighted by Gasteiger charge is 2.20. The van der Waals surface area contributed by atoms with E-state index in [1.54, 1.807) is 24.3 Å². The number of benzene rings is 1. The van der Waals surface area contributed by atoms with Gasteiger partial charge in [0.2, 0.25) is 5.56 Å². The average Bonchev–Trinajstić information content (AvgIpc) is 2.52. The fourth-order valence-electron chi connectivity index (χ4n) is 2.97. The van der Waals surface area contributed by atoms with Gasteiger partial charge in [-0.1, -0.05) is 18.2 Å². The molecule has 0 aliphatic heterocycles. The second-order valence-corrected chi connectivity index (χ2v) is 5.59. The number of hydrogen-bond acceptors (Lipinski definition) is 3. The minimum absolute atomic E-state index is 0.0615. The van der Waals surface area contributed by atoms with Gasteiger partial charge in [0.25, 0.3) is 0 Å². The number of H-pyrrole nitrogens is 1. The number of carboxylic acid groups (broad SMARTS) is 1. The molecular weight excluding hydrogens is 280 g/mol. The Morgan fingerprint density at radius 3 is 3.00 bits per heavy atom. The molecule has 1 atom stereocenters. The Labute approximate surface area is 128 Å². The second kappa shape index (κ2) is 6.15. The SMILES string of the molecule is O=C(O)c1cccc(CNC2CCCc3[nH]c(=O)ccc32)c1. The molecule has 0 saturated heterocycles. The predicted molar refractivity (Wildman–Crippen MR) is 83.0 cm³/mol. The Hall–Kier alpha value is -2.40. The first-order chi connectivity index (χ1) is 10.6. The van der Waals surface area contributed by atoms with E-state index in [0.29, 0.717) is 12.1 Å². The molecule has 1 aromatic heterocycles. The second-order valence-electron chi connectivity index (χ2n) is 5.59. The average molecular weight is 298 g/mol. The number of carbonyl (C=O) groups is 1. The van der Waals surface area contributed by atoms with Crippen LogP contribution in [0.5, 0.6) is 0 Å². The third kappa shape index (κ3) is 3.09. The quantitative estimate of drug-likeness (QED) is 0.808. The molecule has 0 spiro atoms. The van der Waals surface area contributed by atoms with E-state index >= 15 is 0 Å². The molecule has 3 rings (SSSR count). The minimum atomic E-state index is -0.914. The van der Waals surface area contributed by atoms with Crippen molar-refractivity contribution >= 4 is 5.97 Å². The predicted octanol–water partition coefficient (Wildman–Crippen LogP) is 2.24. The van der Waals surface area contributed by atoms with E-state index in [-0.39, 0.29) is 11.6 Å². The van der Waals surface area contributed by atoms with Crippen molar-refractivity contribution in [2.45, 2.75) is 31.8 Å². The Morgan fingerprint density at radius 2 is 2.18 bits per heavy atom. The van der Waals surface area contributed by atoms with Gasteiger partial charge in [-0.15, -0.1) is 0 Å². The molecule has 22 heavy (non-hydrogen) atoms. The molecule has 5 nitrogen and oxygen atoms in total. The molecule has 0 radical (unpaired) electrons. The molecule has 2 aromatic rings. The zero-order valence-electron chi connectivity index (χ0n) is 12.1. The summed E-state index contributed by atoms with van der Waals surface area (Å²) in [6.45, 7) is 0.602. The van der Waals surface area contributed by atoms with Crippen LogP contribution in [0.4, 0.5) is 0 Å². The van der Waals surface area contributed by atoms with Crippen LogP contribution in [0.1, 0.15) is 46.1 Å². The number of aryl methyl sites for hydroxylation is 1. The van der Waals surface area contributed by atoms with Gasteiger partial charge in [0.15, 0.2) is 0 Å². The first-order valence-electron chi connectivity index (χ1n) is 7.41. The monoisotopic (exact) mass is 298 g/mol. The number of pyridine rings is 1. The molecule has 1 aliphatic rings. The van der Waals surface area contributed by atoms with Gasteiger partial charge in [0.1, 0.15) is 0 Å². The van der Waals surface area contributed by atoms with Gasteiger partial charge in [0.05, 0.1) is 5.56 Å². The molecular formula is C17H18N2O3. The number of fused-ring (bicyclic) bond motifs is 1. The fourth-order valence-corrected chi connectivity index (χ4v) is 2.97. The van der Waals surface area contributed by atoms with Crippen LogP contribution < -0.4 is 10.9 Å². The Balaban J connectivity index is 1.74. The highest BCUT2D eigenvalue weighted by molar-refractivity contribution is 5.87. The molecule has 3 N–H and O–H groups in total. The van der Waals surface area contributed by atoms with Crippen LogP contribution in [0, 0.1) is 0 Å². The number of aromatic amines is 1. The van der Waals surface area contributed by atoms with Crippen molar-refractivity contribution in [1.29, 1.82) is 0 Å². The summed E-state index contributed by atoms with van der Waals surface area (Å²) in [6, 6.07) is 10.6. The number of hydrogen-bond donors (Lipinski definition) is 3. The Kier molecular flexibility index (Phi) is 4.06. The van der Waals surface area contributed by atoms with Crippen LogP contribution in [0.2, 0.25) is 0 Å². The van der Waals surface area contributed by atoms with E-state index < -0.39 is 5.97 Å². The topological polar surface area (TPSA) is 82.2 Å². The minimum Gasteiger partial charge on any atom is -0.478 e. The zero-order chi connectivity index (χ0) is 15.5. The van der Waals surface area contributed by atoms with E-state index in [1.807, 2.05) is 12.1 Å². The van der Waals surface area contributed by atoms with E-state index in [4.69, 9.17) is 5.11 Å². The van der Waals surface area contributed by atoms with Crippen molar-refractivity contribution in [1.82, 2.24) is 10.3 Å². The smallest absolute Gasteiger partial charge is 0.335 e. The number of carboxylic acids is 1. The van der Waals surface area contributed by atoms with Crippen molar-refractivity contribution < 1.29 is 9.90 Å². The Morgan fingerprint density at radius 1 is 1.32 bits per heavy atom. The summed E-state index contributed by atoms with van der Waals surface area (Å²) in [5.74, 6) is -0.914. The normalized spacial score (nSPS) is 17.0. The lowest BCUT2D eigenvalue weighted by Gasteiger charge is -2.26. The number of aromatic carboxylic acids is 1. The lowest BCUT2D eigenvalue weighted by Crippen LogP contribution is -2.27. The zero-order valence-corrected chi connectivity index (χ0v) is 12.1. The summed E-state index contributed by atoms with van der Waals surface area (Å²) < 4.78 is 0. The standard InChI is InChI=1S/C17H18N2O3/c20-16-8-7-13-14(5-2-6-15(13)19-16)18-10-11-3-1-4-12(9-11)17(21)22/h1,3-4,7-9,14,18H,2,5-6,10H2,(H,19,20)(H,21,22). The van der Waals surface area contributed by atoms with Crippen LogP contribution in [0.3, 0.4) is 0 Å². The molecule has 1 aliphatic carbocycles. The van der Waals surface area contributed by atoms with Crippen molar-refractivity contribution in [2.24, 2.45) is 0 Å². The third-order valence-corrected chi connectivity index (χ3v) is 4.06. The highest BCUT2D eigenvalue weighted by atomic mass is 16.4. The van der Waals surface area contributed by atoms with Crippen LogP contribution in [-0.2, 0) is 13.0 Å². The van der Waals surface area contributed by atoms with Crippen molar-refractivity contribution in [2.75, 3.05) is 0 Å². The van der Waals surface area contributed by atoms with Crippen LogP contribution >= 0.6 is 0 Å². The largest absolute Gasteiger partial charge is 0.478 e. The summed E-state index contributed by atoms with van der Waals surface area (Å²) in [5.41, 5.74) is 3.33.